The van der Waals surface area contributed by atoms with Crippen LogP contribution in [-0.4, -0.2) is 104 Å². The van der Waals surface area contributed by atoms with Crippen LogP contribution < -0.4 is 20.7 Å². The standard InChI is InChI=1S/C29H43N5O7/c1-19(2)15-25-29(39)34(13-14-40-4)17-26(36)31-24(28(38)30-22-9-11-33(12-10-22)20(3)35)16-21-5-7-23(8-6-21)41-18-27(37)32-25/h5-8,19,22,24-25H,9-18H2,1-4H3,(H,30,38)(H,31,36)(H,32,37)/t24-,25+/m1/s1. The Labute approximate surface area is 241 Å². The van der Waals surface area contributed by atoms with Gasteiger partial charge in [0.25, 0.3) is 5.91 Å². The maximum atomic E-state index is 13.5. The molecule has 2 bridgehead atoms. The van der Waals surface area contributed by atoms with Crippen molar-refractivity contribution < 1.29 is 33.4 Å². The molecule has 2 atom stereocenters. The molecule has 3 aliphatic heterocycles. The van der Waals surface area contributed by atoms with Crippen LogP contribution in [0.3, 0.4) is 0 Å². The molecule has 5 amide bonds. The Bertz CT molecular complexity index is 1070. The van der Waals surface area contributed by atoms with E-state index in [2.05, 4.69) is 16.0 Å². The number of nitrogens with one attached hydrogen (secondary N) is 3. The minimum atomic E-state index is -0.890. The molecule has 3 heterocycles. The van der Waals surface area contributed by atoms with Crippen molar-refractivity contribution in [2.75, 3.05) is 46.5 Å². The third-order valence-electron chi connectivity index (χ3n) is 7.22. The monoisotopic (exact) mass is 573 g/mol. The van der Waals surface area contributed by atoms with Crippen LogP contribution in [0.1, 0.15) is 45.6 Å². The molecule has 1 aromatic carbocycles. The fourth-order valence-corrected chi connectivity index (χ4v) is 4.99. The lowest BCUT2D eigenvalue weighted by Crippen LogP contribution is -2.56. The zero-order chi connectivity index (χ0) is 29.9. The Hall–Kier alpha value is -3.67. The van der Waals surface area contributed by atoms with Gasteiger partial charge in [0.2, 0.25) is 23.6 Å². The third-order valence-corrected chi connectivity index (χ3v) is 7.22. The molecule has 0 spiro atoms. The van der Waals surface area contributed by atoms with Gasteiger partial charge < -0.3 is 35.2 Å². The number of fused-ring (bicyclic) bond motifs is 13. The van der Waals surface area contributed by atoms with E-state index < -0.39 is 29.8 Å². The summed E-state index contributed by atoms with van der Waals surface area (Å²) in [5.74, 6) is -1.11. The number of likely N-dealkylation sites (tertiary alicyclic amines) is 1. The zero-order valence-corrected chi connectivity index (χ0v) is 24.4. The molecule has 0 radical (unpaired) electrons. The van der Waals surface area contributed by atoms with Gasteiger partial charge in [-0.15, -0.1) is 0 Å². The SMILES string of the molecule is COCCN1CC(=O)N[C@@H](C(=O)NC2CCN(C(C)=O)CC2)Cc2ccc(cc2)OCC(=O)N[C@@H](CC(C)C)C1=O. The first-order valence-electron chi connectivity index (χ1n) is 14.2. The van der Waals surface area contributed by atoms with E-state index in [1.54, 1.807) is 29.2 Å². The maximum Gasteiger partial charge on any atom is 0.258 e. The molecule has 4 rings (SSSR count). The van der Waals surface area contributed by atoms with Crippen molar-refractivity contribution in [3.05, 3.63) is 29.8 Å². The van der Waals surface area contributed by atoms with Crippen molar-refractivity contribution in [1.82, 2.24) is 25.8 Å². The van der Waals surface area contributed by atoms with E-state index in [9.17, 15) is 24.0 Å². The molecule has 12 heteroatoms. The van der Waals surface area contributed by atoms with Crippen molar-refractivity contribution in [3.63, 3.8) is 0 Å². The van der Waals surface area contributed by atoms with Gasteiger partial charge >= 0.3 is 0 Å². The van der Waals surface area contributed by atoms with Crippen molar-refractivity contribution in [2.24, 2.45) is 5.92 Å². The van der Waals surface area contributed by atoms with Gasteiger partial charge in [0.05, 0.1) is 13.2 Å². The van der Waals surface area contributed by atoms with E-state index in [1.807, 2.05) is 13.8 Å². The van der Waals surface area contributed by atoms with Crippen LogP contribution in [0.4, 0.5) is 0 Å². The molecule has 0 aromatic heterocycles. The molecular formula is C29H43N5O7. The first-order valence-corrected chi connectivity index (χ1v) is 14.2. The number of carbonyl (C=O) groups is 5. The summed E-state index contributed by atoms with van der Waals surface area (Å²) in [5.41, 5.74) is 0.782. The molecule has 3 aliphatic rings. The molecule has 41 heavy (non-hydrogen) atoms. The van der Waals surface area contributed by atoms with Gasteiger partial charge in [-0.25, -0.2) is 0 Å². The number of methoxy groups -OCH3 is 1. The second kappa shape index (κ2) is 15.4. The van der Waals surface area contributed by atoms with Crippen LogP contribution in [0, 0.1) is 5.92 Å². The normalized spacial score (nSPS) is 21.3. The number of hydrogen-bond donors (Lipinski definition) is 3. The number of rotatable bonds is 7. The highest BCUT2D eigenvalue weighted by Crippen LogP contribution is 2.16. The smallest absolute Gasteiger partial charge is 0.258 e. The zero-order valence-electron chi connectivity index (χ0n) is 24.4. The molecule has 226 valence electrons. The summed E-state index contributed by atoms with van der Waals surface area (Å²) < 4.78 is 10.8. The van der Waals surface area contributed by atoms with Crippen LogP contribution in [0.2, 0.25) is 0 Å². The molecular weight excluding hydrogens is 530 g/mol. The molecule has 12 nitrogen and oxygen atoms in total. The number of hydrogen-bond acceptors (Lipinski definition) is 7. The van der Waals surface area contributed by atoms with Gasteiger partial charge in [0.1, 0.15) is 17.8 Å². The average molecular weight is 574 g/mol. The van der Waals surface area contributed by atoms with E-state index in [4.69, 9.17) is 9.47 Å². The molecule has 3 N–H and O–H groups in total. The van der Waals surface area contributed by atoms with E-state index in [1.165, 1.54) is 18.9 Å². The van der Waals surface area contributed by atoms with E-state index in [0.29, 0.717) is 38.1 Å². The van der Waals surface area contributed by atoms with E-state index in [-0.39, 0.29) is 56.5 Å². The highest BCUT2D eigenvalue weighted by Gasteiger charge is 2.31. The second-order valence-corrected chi connectivity index (χ2v) is 11.0. The Morgan fingerprint density at radius 2 is 1.76 bits per heavy atom. The fraction of sp³-hybridized carbons (Fsp3) is 0.621. The maximum absolute atomic E-state index is 13.5. The highest BCUT2D eigenvalue weighted by atomic mass is 16.5. The molecule has 1 saturated heterocycles. The first kappa shape index (κ1) is 31.9. The third kappa shape index (κ3) is 10.0. The Morgan fingerprint density at radius 3 is 2.37 bits per heavy atom. The molecule has 0 saturated carbocycles. The predicted octanol–water partition coefficient (Wildman–Crippen LogP) is 0.239. The van der Waals surface area contributed by atoms with Gasteiger partial charge in [-0.1, -0.05) is 26.0 Å². The molecule has 0 unspecified atom stereocenters. The van der Waals surface area contributed by atoms with Crippen LogP contribution in [0.25, 0.3) is 0 Å². The Kier molecular flexibility index (Phi) is 11.9. The van der Waals surface area contributed by atoms with E-state index >= 15 is 0 Å². The topological polar surface area (TPSA) is 146 Å². The van der Waals surface area contributed by atoms with Gasteiger partial charge in [-0.2, -0.15) is 0 Å². The fourth-order valence-electron chi connectivity index (χ4n) is 4.99. The van der Waals surface area contributed by atoms with Crippen LogP contribution >= 0.6 is 0 Å². The van der Waals surface area contributed by atoms with Gasteiger partial charge in [0, 0.05) is 46.1 Å². The number of amides is 5. The number of nitrogens with zero attached hydrogens (tertiary/aromatic N) is 2. The number of piperidine rings is 1. The lowest BCUT2D eigenvalue weighted by Gasteiger charge is -2.33. The van der Waals surface area contributed by atoms with Crippen molar-refractivity contribution in [1.29, 1.82) is 0 Å². The largest absolute Gasteiger partial charge is 0.484 e. The minimum Gasteiger partial charge on any atom is -0.484 e. The van der Waals surface area contributed by atoms with Crippen LogP contribution in [0.15, 0.2) is 24.3 Å². The van der Waals surface area contributed by atoms with Crippen molar-refractivity contribution in [3.8, 4) is 5.75 Å². The quantitative estimate of drug-likeness (QED) is 0.396. The lowest BCUT2D eigenvalue weighted by molar-refractivity contribution is -0.141. The lowest BCUT2D eigenvalue weighted by atomic mass is 10.0. The number of benzene rings is 1. The first-order chi connectivity index (χ1) is 19.5. The molecule has 1 fully saturated rings. The van der Waals surface area contributed by atoms with Crippen molar-refractivity contribution in [2.45, 2.75) is 64.6 Å². The summed E-state index contributed by atoms with van der Waals surface area (Å²) in [6.07, 6.45) is 1.84. The van der Waals surface area contributed by atoms with Crippen molar-refractivity contribution >= 4 is 29.5 Å². The summed E-state index contributed by atoms with van der Waals surface area (Å²) >= 11 is 0. The average Bonchev–Trinajstić information content (AvgIpc) is 2.93. The summed E-state index contributed by atoms with van der Waals surface area (Å²) in [7, 11) is 1.50. The van der Waals surface area contributed by atoms with Gasteiger partial charge in [0.15, 0.2) is 6.61 Å². The van der Waals surface area contributed by atoms with E-state index in [0.717, 1.165) is 5.56 Å². The van der Waals surface area contributed by atoms with Crippen LogP contribution in [-0.2, 0) is 35.1 Å². The Morgan fingerprint density at radius 1 is 1.07 bits per heavy atom. The minimum absolute atomic E-state index is 0.00905. The summed E-state index contributed by atoms with van der Waals surface area (Å²) in [6, 6.07) is 5.11. The molecule has 1 aromatic rings. The highest BCUT2D eigenvalue weighted by molar-refractivity contribution is 5.93. The predicted molar refractivity (Wildman–Crippen MR) is 151 cm³/mol. The molecule has 0 aliphatic carbocycles. The summed E-state index contributed by atoms with van der Waals surface area (Å²) in [6.45, 7) is 6.28. The number of ether oxygens (including phenoxy) is 2. The second-order valence-electron chi connectivity index (χ2n) is 11.0. The Balaban J connectivity index is 1.83. The summed E-state index contributed by atoms with van der Waals surface area (Å²) in [5, 5.41) is 8.62. The van der Waals surface area contributed by atoms with Gasteiger partial charge in [-0.3, -0.25) is 24.0 Å². The summed E-state index contributed by atoms with van der Waals surface area (Å²) in [4.78, 5) is 67.7. The van der Waals surface area contributed by atoms with Crippen LogP contribution in [0.5, 0.6) is 5.75 Å². The van der Waals surface area contributed by atoms with Gasteiger partial charge in [-0.05, 0) is 42.9 Å². The number of carbonyl (C=O) groups excluding carboxylic acids is 5.